The lowest BCUT2D eigenvalue weighted by molar-refractivity contribution is 0.0942. The molecule has 2 aromatic heterocycles. The molecule has 2 N–H and O–H groups in total. The first kappa shape index (κ1) is 20.2. The summed E-state index contributed by atoms with van der Waals surface area (Å²) in [6.45, 7) is -0.0472. The molecular formula is C23H19F2N5O. The zero-order valence-electron chi connectivity index (χ0n) is 16.6. The number of nitrogens with zero attached hydrogens (tertiary/aromatic N) is 3. The Morgan fingerprint density at radius 1 is 1.00 bits per heavy atom. The van der Waals surface area contributed by atoms with Crippen LogP contribution in [0.1, 0.15) is 16.1 Å². The Hall–Kier alpha value is -4.07. The maximum absolute atomic E-state index is 13.8. The minimum atomic E-state index is -0.700. The number of hydrogen-bond donors (Lipinski definition) is 2. The van der Waals surface area contributed by atoms with Crippen LogP contribution in [0.5, 0.6) is 0 Å². The monoisotopic (exact) mass is 419 g/mol. The number of para-hydroxylation sites is 1. The molecule has 0 unspecified atom stereocenters. The second-order valence-corrected chi connectivity index (χ2v) is 6.93. The van der Waals surface area contributed by atoms with E-state index in [0.29, 0.717) is 11.6 Å². The predicted octanol–water partition coefficient (Wildman–Crippen LogP) is 4.43. The van der Waals surface area contributed by atoms with Crippen molar-refractivity contribution in [3.63, 3.8) is 0 Å². The summed E-state index contributed by atoms with van der Waals surface area (Å²) in [5.74, 6) is -1.27. The van der Waals surface area contributed by atoms with Gasteiger partial charge in [0.2, 0.25) is 5.95 Å². The van der Waals surface area contributed by atoms with Gasteiger partial charge in [0, 0.05) is 60.6 Å². The van der Waals surface area contributed by atoms with E-state index in [4.69, 9.17) is 0 Å². The molecule has 1 amide bonds. The van der Waals surface area contributed by atoms with E-state index in [1.54, 1.807) is 36.3 Å². The molecule has 0 saturated heterocycles. The fourth-order valence-corrected chi connectivity index (χ4v) is 3.07. The Kier molecular flexibility index (Phi) is 5.70. The molecule has 0 radical (unpaired) electrons. The molecule has 8 heteroatoms. The molecule has 6 nitrogen and oxygen atoms in total. The molecule has 0 aliphatic heterocycles. The lowest BCUT2D eigenvalue weighted by Gasteiger charge is -2.07. The molecule has 0 aliphatic carbocycles. The number of rotatable bonds is 6. The fraction of sp³-hybridized carbons (Fsp3) is 0.0870. The zero-order valence-corrected chi connectivity index (χ0v) is 16.6. The second-order valence-electron chi connectivity index (χ2n) is 6.93. The SMILES string of the molecule is Cn1cc(-c2cnc(Nc3ccccc3)nc2)cc1C(=O)NCc1ccc(F)cc1F. The summed E-state index contributed by atoms with van der Waals surface area (Å²) in [7, 11) is 1.74. The third-order valence-electron chi connectivity index (χ3n) is 4.71. The number of aromatic nitrogens is 3. The summed E-state index contributed by atoms with van der Waals surface area (Å²) in [5.41, 5.74) is 3.00. The normalized spacial score (nSPS) is 10.7. The third-order valence-corrected chi connectivity index (χ3v) is 4.71. The summed E-state index contributed by atoms with van der Waals surface area (Å²) in [4.78, 5) is 21.2. The molecule has 4 aromatic rings. The van der Waals surface area contributed by atoms with Gasteiger partial charge in [0.25, 0.3) is 5.91 Å². The van der Waals surface area contributed by atoms with Gasteiger partial charge in [-0.3, -0.25) is 4.79 Å². The van der Waals surface area contributed by atoms with Gasteiger partial charge in [0.05, 0.1) is 0 Å². The molecule has 0 spiro atoms. The largest absolute Gasteiger partial charge is 0.347 e. The van der Waals surface area contributed by atoms with Crippen molar-refractivity contribution < 1.29 is 13.6 Å². The fourth-order valence-electron chi connectivity index (χ4n) is 3.07. The van der Waals surface area contributed by atoms with Crippen molar-refractivity contribution >= 4 is 17.5 Å². The van der Waals surface area contributed by atoms with Crippen molar-refractivity contribution in [3.05, 3.63) is 96.1 Å². The Balaban J connectivity index is 1.44. The minimum absolute atomic E-state index is 0.0472. The van der Waals surface area contributed by atoms with E-state index in [0.717, 1.165) is 28.9 Å². The minimum Gasteiger partial charge on any atom is -0.347 e. The van der Waals surface area contributed by atoms with Gasteiger partial charge >= 0.3 is 0 Å². The van der Waals surface area contributed by atoms with Crippen molar-refractivity contribution in [2.45, 2.75) is 6.54 Å². The number of benzene rings is 2. The van der Waals surface area contributed by atoms with Crippen LogP contribution in [0, 0.1) is 11.6 Å². The Morgan fingerprint density at radius 2 is 1.74 bits per heavy atom. The highest BCUT2D eigenvalue weighted by Gasteiger charge is 2.14. The van der Waals surface area contributed by atoms with Crippen LogP contribution in [-0.2, 0) is 13.6 Å². The van der Waals surface area contributed by atoms with Crippen molar-refractivity contribution in [1.29, 1.82) is 0 Å². The van der Waals surface area contributed by atoms with Crippen LogP contribution < -0.4 is 10.6 Å². The highest BCUT2D eigenvalue weighted by atomic mass is 19.1. The smallest absolute Gasteiger partial charge is 0.268 e. The number of hydrogen-bond acceptors (Lipinski definition) is 4. The van der Waals surface area contributed by atoms with Gasteiger partial charge in [-0.25, -0.2) is 18.7 Å². The highest BCUT2D eigenvalue weighted by Crippen LogP contribution is 2.22. The summed E-state index contributed by atoms with van der Waals surface area (Å²) >= 11 is 0. The van der Waals surface area contributed by atoms with E-state index in [1.165, 1.54) is 6.07 Å². The number of nitrogens with one attached hydrogen (secondary N) is 2. The van der Waals surface area contributed by atoms with Crippen LogP contribution >= 0.6 is 0 Å². The highest BCUT2D eigenvalue weighted by molar-refractivity contribution is 5.94. The molecule has 156 valence electrons. The second kappa shape index (κ2) is 8.74. The van der Waals surface area contributed by atoms with Crippen LogP contribution in [0.15, 0.2) is 73.2 Å². The van der Waals surface area contributed by atoms with Crippen LogP contribution in [0.25, 0.3) is 11.1 Å². The molecule has 0 saturated carbocycles. The number of aryl methyl sites for hydroxylation is 1. The quantitative estimate of drug-likeness (QED) is 0.485. The first-order valence-electron chi connectivity index (χ1n) is 9.52. The topological polar surface area (TPSA) is 71.8 Å². The number of halogens is 2. The van der Waals surface area contributed by atoms with E-state index in [1.807, 2.05) is 30.3 Å². The number of anilines is 2. The molecule has 31 heavy (non-hydrogen) atoms. The molecule has 0 atom stereocenters. The molecule has 0 aliphatic rings. The first-order valence-corrected chi connectivity index (χ1v) is 9.52. The number of carbonyl (C=O) groups excluding carboxylic acids is 1. The Labute approximate surface area is 177 Å². The van der Waals surface area contributed by atoms with Gasteiger partial charge < -0.3 is 15.2 Å². The van der Waals surface area contributed by atoms with Gasteiger partial charge in [0.15, 0.2) is 0 Å². The molecule has 0 bridgehead atoms. The van der Waals surface area contributed by atoms with E-state index in [-0.39, 0.29) is 18.0 Å². The maximum Gasteiger partial charge on any atom is 0.268 e. The molecule has 4 rings (SSSR count). The van der Waals surface area contributed by atoms with Gasteiger partial charge in [-0.05, 0) is 24.3 Å². The van der Waals surface area contributed by atoms with E-state index in [2.05, 4.69) is 20.6 Å². The average molecular weight is 419 g/mol. The van der Waals surface area contributed by atoms with E-state index in [9.17, 15) is 13.6 Å². The van der Waals surface area contributed by atoms with Crippen LogP contribution in [0.4, 0.5) is 20.4 Å². The predicted molar refractivity (Wildman–Crippen MR) is 114 cm³/mol. The number of carbonyl (C=O) groups is 1. The Morgan fingerprint density at radius 3 is 2.45 bits per heavy atom. The summed E-state index contributed by atoms with van der Waals surface area (Å²) in [5, 5.41) is 5.77. The van der Waals surface area contributed by atoms with Crippen molar-refractivity contribution in [2.24, 2.45) is 7.05 Å². The van der Waals surface area contributed by atoms with Gasteiger partial charge in [-0.15, -0.1) is 0 Å². The average Bonchev–Trinajstić information content (AvgIpc) is 3.16. The summed E-state index contributed by atoms with van der Waals surface area (Å²) < 4.78 is 28.4. The van der Waals surface area contributed by atoms with Crippen LogP contribution in [0.2, 0.25) is 0 Å². The maximum atomic E-state index is 13.8. The van der Waals surface area contributed by atoms with Gasteiger partial charge in [-0.2, -0.15) is 0 Å². The summed E-state index contributed by atoms with van der Waals surface area (Å²) in [6, 6.07) is 14.5. The van der Waals surface area contributed by atoms with Gasteiger partial charge in [-0.1, -0.05) is 24.3 Å². The van der Waals surface area contributed by atoms with Crippen LogP contribution in [-0.4, -0.2) is 20.4 Å². The lowest BCUT2D eigenvalue weighted by atomic mass is 10.2. The molecule has 2 heterocycles. The Bertz CT molecular complexity index is 1210. The van der Waals surface area contributed by atoms with Crippen molar-refractivity contribution in [2.75, 3.05) is 5.32 Å². The molecule has 0 fully saturated rings. The molecular weight excluding hydrogens is 400 g/mol. The first-order chi connectivity index (χ1) is 15.0. The zero-order chi connectivity index (χ0) is 21.8. The van der Waals surface area contributed by atoms with Gasteiger partial charge in [0.1, 0.15) is 17.3 Å². The van der Waals surface area contributed by atoms with Crippen molar-refractivity contribution in [1.82, 2.24) is 19.9 Å². The van der Waals surface area contributed by atoms with Crippen LogP contribution in [0.3, 0.4) is 0 Å². The molecule has 2 aromatic carbocycles. The van der Waals surface area contributed by atoms with Crippen molar-refractivity contribution in [3.8, 4) is 11.1 Å². The van der Waals surface area contributed by atoms with E-state index >= 15 is 0 Å². The lowest BCUT2D eigenvalue weighted by Crippen LogP contribution is -2.25. The standard InChI is InChI=1S/C23H19F2N5O/c1-30-14-16(17-12-27-23(28-13-17)29-19-5-3-2-4-6-19)9-21(30)22(31)26-11-15-7-8-18(24)10-20(15)25/h2-10,12-14H,11H2,1H3,(H,26,31)(H,27,28,29). The van der Waals surface area contributed by atoms with E-state index < -0.39 is 11.6 Å². The third kappa shape index (κ3) is 4.75. The number of amides is 1. The summed E-state index contributed by atoms with van der Waals surface area (Å²) in [6.07, 6.45) is 5.13.